The zero-order chi connectivity index (χ0) is 25.0. The summed E-state index contributed by atoms with van der Waals surface area (Å²) in [5, 5.41) is 5.35. The van der Waals surface area contributed by atoms with Crippen LogP contribution in [0.5, 0.6) is 0 Å². The molecule has 3 rings (SSSR count). The number of hydrogen-bond donors (Lipinski definition) is 2. The van der Waals surface area contributed by atoms with Crippen LogP contribution in [0.25, 0.3) is 0 Å². The fraction of sp³-hybridized carbons (Fsp3) is 0.560. The summed E-state index contributed by atoms with van der Waals surface area (Å²) in [5.41, 5.74) is 1.06. The van der Waals surface area contributed by atoms with Crippen molar-refractivity contribution in [2.24, 2.45) is 0 Å². The highest BCUT2D eigenvalue weighted by molar-refractivity contribution is 7.80. The Morgan fingerprint density at radius 2 is 1.80 bits per heavy atom. The smallest absolute Gasteiger partial charge is 0.308 e. The van der Waals surface area contributed by atoms with Gasteiger partial charge in [-0.15, -0.1) is 0 Å². The number of benzene rings is 1. The molecule has 2 aliphatic rings. The summed E-state index contributed by atoms with van der Waals surface area (Å²) in [7, 11) is 0. The average Bonchev–Trinajstić information content (AvgIpc) is 2.85. The van der Waals surface area contributed by atoms with Crippen molar-refractivity contribution < 1.29 is 28.7 Å². The quantitative estimate of drug-likeness (QED) is 0.389. The number of esters is 2. The third kappa shape index (κ3) is 8.93. The number of piperazine rings is 1. The van der Waals surface area contributed by atoms with E-state index in [9.17, 15) is 19.2 Å². The number of rotatable bonds is 9. The van der Waals surface area contributed by atoms with E-state index in [4.69, 9.17) is 21.7 Å². The largest absolute Gasteiger partial charge is 0.465 e. The molecule has 2 N–H and O–H groups in total. The van der Waals surface area contributed by atoms with Gasteiger partial charge in [0, 0.05) is 25.9 Å². The standard InChI is InChI=1S/C25H33N3O6S/c29-21(11-12-22(30)33-16-13-18-7-3-1-4-8-18)27-25(35)28-15-14-26-24(32)20(28)17-23(31)34-19-9-5-2-6-10-19/h1,3-4,7-8,19-20H,2,5-6,9-17H2,(H,26,32)(H,27,29,35). The first kappa shape index (κ1) is 26.6. The van der Waals surface area contributed by atoms with Crippen molar-refractivity contribution >= 4 is 41.1 Å². The monoisotopic (exact) mass is 503 g/mol. The first-order valence-electron chi connectivity index (χ1n) is 12.2. The van der Waals surface area contributed by atoms with Gasteiger partial charge in [0.1, 0.15) is 12.1 Å². The van der Waals surface area contributed by atoms with Gasteiger partial charge in [-0.25, -0.2) is 0 Å². The summed E-state index contributed by atoms with van der Waals surface area (Å²) in [6.07, 6.45) is 5.07. The van der Waals surface area contributed by atoms with Gasteiger partial charge in [-0.1, -0.05) is 36.8 Å². The van der Waals surface area contributed by atoms with E-state index in [1.165, 1.54) is 4.90 Å². The number of carbonyl (C=O) groups excluding carboxylic acids is 4. The Hall–Kier alpha value is -3.01. The molecular weight excluding hydrogens is 470 g/mol. The molecule has 0 bridgehead atoms. The van der Waals surface area contributed by atoms with E-state index in [1.807, 2.05) is 30.3 Å². The van der Waals surface area contributed by atoms with Gasteiger partial charge in [0.2, 0.25) is 11.8 Å². The molecule has 1 aliphatic carbocycles. The molecule has 1 heterocycles. The minimum atomic E-state index is -0.851. The number of hydrogen-bond acceptors (Lipinski definition) is 7. The first-order valence-corrected chi connectivity index (χ1v) is 12.6. The summed E-state index contributed by atoms with van der Waals surface area (Å²) < 4.78 is 10.7. The Labute approximate surface area is 210 Å². The Balaban J connectivity index is 1.41. The number of amides is 2. The predicted molar refractivity (Wildman–Crippen MR) is 132 cm³/mol. The van der Waals surface area contributed by atoms with E-state index >= 15 is 0 Å². The van der Waals surface area contributed by atoms with Crippen LogP contribution in [0.1, 0.15) is 56.9 Å². The number of nitrogens with zero attached hydrogens (tertiary/aromatic N) is 1. The van der Waals surface area contributed by atoms with Crippen molar-refractivity contribution in [3.63, 3.8) is 0 Å². The van der Waals surface area contributed by atoms with Gasteiger partial charge < -0.3 is 25.0 Å². The molecule has 1 atom stereocenters. The van der Waals surface area contributed by atoms with Crippen LogP contribution in [0.15, 0.2) is 30.3 Å². The maximum Gasteiger partial charge on any atom is 0.308 e. The highest BCUT2D eigenvalue weighted by Crippen LogP contribution is 2.21. The number of thiocarbonyl (C=S) groups is 1. The molecule has 0 aromatic heterocycles. The topological polar surface area (TPSA) is 114 Å². The summed E-state index contributed by atoms with van der Waals surface area (Å²) in [5.74, 6) is -1.71. The molecule has 1 aromatic rings. The van der Waals surface area contributed by atoms with Crippen LogP contribution >= 0.6 is 12.2 Å². The lowest BCUT2D eigenvalue weighted by Crippen LogP contribution is -2.60. The van der Waals surface area contributed by atoms with Gasteiger partial charge in [-0.2, -0.15) is 0 Å². The predicted octanol–water partition coefficient (Wildman–Crippen LogP) is 2.02. The van der Waals surface area contributed by atoms with Crippen LogP contribution in [0.4, 0.5) is 0 Å². The van der Waals surface area contributed by atoms with Crippen molar-refractivity contribution in [3.8, 4) is 0 Å². The molecule has 1 unspecified atom stereocenters. The maximum absolute atomic E-state index is 12.5. The van der Waals surface area contributed by atoms with E-state index in [1.54, 1.807) is 0 Å². The molecule has 0 radical (unpaired) electrons. The van der Waals surface area contributed by atoms with E-state index in [0.29, 0.717) is 19.5 Å². The van der Waals surface area contributed by atoms with Crippen molar-refractivity contribution in [2.45, 2.75) is 69.9 Å². The highest BCUT2D eigenvalue weighted by atomic mass is 32.1. The molecule has 0 spiro atoms. The van der Waals surface area contributed by atoms with Gasteiger partial charge >= 0.3 is 11.9 Å². The summed E-state index contributed by atoms with van der Waals surface area (Å²) in [6, 6.07) is 8.80. The summed E-state index contributed by atoms with van der Waals surface area (Å²) in [4.78, 5) is 50.7. The van der Waals surface area contributed by atoms with Crippen LogP contribution < -0.4 is 10.6 Å². The fourth-order valence-corrected chi connectivity index (χ4v) is 4.54. The maximum atomic E-state index is 12.5. The van der Waals surface area contributed by atoms with Crippen molar-refractivity contribution in [1.29, 1.82) is 0 Å². The molecule has 1 saturated heterocycles. The second-order valence-corrected chi connectivity index (χ2v) is 9.15. The van der Waals surface area contributed by atoms with E-state index in [0.717, 1.165) is 37.7 Å². The van der Waals surface area contributed by atoms with Crippen molar-refractivity contribution in [2.75, 3.05) is 19.7 Å². The lowest BCUT2D eigenvalue weighted by atomic mass is 9.98. The minimum Gasteiger partial charge on any atom is -0.465 e. The Morgan fingerprint density at radius 3 is 2.54 bits per heavy atom. The molecule has 2 amide bonds. The van der Waals surface area contributed by atoms with Crippen LogP contribution in [0, 0.1) is 0 Å². The van der Waals surface area contributed by atoms with Crippen LogP contribution in [0.2, 0.25) is 0 Å². The van der Waals surface area contributed by atoms with E-state index in [2.05, 4.69) is 10.6 Å². The number of ether oxygens (including phenoxy) is 2. The average molecular weight is 504 g/mol. The van der Waals surface area contributed by atoms with Crippen LogP contribution in [0.3, 0.4) is 0 Å². The zero-order valence-electron chi connectivity index (χ0n) is 19.8. The molecule has 190 valence electrons. The third-order valence-electron chi connectivity index (χ3n) is 6.10. The normalized spacial score (nSPS) is 18.3. The van der Waals surface area contributed by atoms with Gasteiger partial charge in [0.25, 0.3) is 0 Å². The van der Waals surface area contributed by atoms with Crippen molar-refractivity contribution in [3.05, 3.63) is 35.9 Å². The number of nitrogens with one attached hydrogen (secondary N) is 2. The summed E-state index contributed by atoms with van der Waals surface area (Å²) in [6.45, 7) is 0.939. The Morgan fingerprint density at radius 1 is 1.06 bits per heavy atom. The molecular formula is C25H33N3O6S. The molecule has 1 aliphatic heterocycles. The van der Waals surface area contributed by atoms with Gasteiger partial charge in [0.15, 0.2) is 5.11 Å². The van der Waals surface area contributed by atoms with Gasteiger partial charge in [-0.3, -0.25) is 19.2 Å². The lowest BCUT2D eigenvalue weighted by molar-refractivity contribution is -0.153. The molecule has 35 heavy (non-hydrogen) atoms. The third-order valence-corrected chi connectivity index (χ3v) is 6.44. The molecule has 2 fully saturated rings. The Bertz CT molecular complexity index is 904. The minimum absolute atomic E-state index is 0.0535. The summed E-state index contributed by atoms with van der Waals surface area (Å²) >= 11 is 5.34. The number of carbonyl (C=O) groups is 4. The first-order chi connectivity index (χ1) is 16.9. The second kappa shape index (κ2) is 13.8. The zero-order valence-corrected chi connectivity index (χ0v) is 20.6. The second-order valence-electron chi connectivity index (χ2n) is 8.76. The molecule has 1 aromatic carbocycles. The molecule has 9 nitrogen and oxygen atoms in total. The fourth-order valence-electron chi connectivity index (χ4n) is 4.20. The van der Waals surface area contributed by atoms with Gasteiger partial charge in [-0.05, 0) is 43.5 Å². The highest BCUT2D eigenvalue weighted by Gasteiger charge is 2.34. The van der Waals surface area contributed by atoms with Gasteiger partial charge in [0.05, 0.1) is 19.4 Å². The van der Waals surface area contributed by atoms with Crippen molar-refractivity contribution in [1.82, 2.24) is 15.5 Å². The Kier molecular flexibility index (Phi) is 10.5. The van der Waals surface area contributed by atoms with E-state index in [-0.39, 0.29) is 43.0 Å². The van der Waals surface area contributed by atoms with E-state index < -0.39 is 23.9 Å². The molecule has 1 saturated carbocycles. The van der Waals surface area contributed by atoms with Crippen LogP contribution in [-0.2, 0) is 35.1 Å². The SMILES string of the molecule is O=C(CCC(=O)OCCc1ccccc1)NC(=S)N1CCNC(=O)C1CC(=O)OC1CCCCC1. The van der Waals surface area contributed by atoms with Crippen LogP contribution in [-0.4, -0.2) is 65.6 Å². The lowest BCUT2D eigenvalue weighted by Gasteiger charge is -2.36. The molecule has 10 heteroatoms.